The summed E-state index contributed by atoms with van der Waals surface area (Å²) >= 11 is 0. The van der Waals surface area contributed by atoms with Crippen molar-refractivity contribution in [1.82, 2.24) is 5.32 Å². The molecule has 170 valence electrons. The Hall–Kier alpha value is -3.30. The number of alkyl carbamates (subject to hydrolysis) is 1. The van der Waals surface area contributed by atoms with Crippen LogP contribution in [-0.4, -0.2) is 56.4 Å². The molecule has 4 rings (SSSR count). The van der Waals surface area contributed by atoms with Crippen molar-refractivity contribution in [3.63, 3.8) is 0 Å². The molecule has 0 radical (unpaired) electrons. The van der Waals surface area contributed by atoms with Gasteiger partial charge in [0.1, 0.15) is 23.6 Å². The molecular weight excluding hydrogens is 418 g/mol. The van der Waals surface area contributed by atoms with Gasteiger partial charge in [-0.1, -0.05) is 30.3 Å². The molecule has 0 bridgehead atoms. The maximum atomic E-state index is 12.0. The lowest BCUT2D eigenvalue weighted by Gasteiger charge is -2.41. The lowest BCUT2D eigenvalue weighted by atomic mass is 9.97. The molecule has 2 aromatic carbocycles. The van der Waals surface area contributed by atoms with Crippen molar-refractivity contribution in [1.29, 1.82) is 0 Å². The highest BCUT2D eigenvalue weighted by Crippen LogP contribution is 2.32. The molecule has 0 aliphatic carbocycles. The van der Waals surface area contributed by atoms with Crippen LogP contribution in [-0.2, 0) is 30.3 Å². The molecule has 2 saturated heterocycles. The second-order valence-corrected chi connectivity index (χ2v) is 7.45. The van der Waals surface area contributed by atoms with Gasteiger partial charge in [-0.15, -0.1) is 0 Å². The van der Waals surface area contributed by atoms with E-state index in [1.54, 1.807) is 31.4 Å². The quantitative estimate of drug-likeness (QED) is 0.621. The monoisotopic (exact) mass is 443 g/mol. The van der Waals surface area contributed by atoms with Gasteiger partial charge in [0.05, 0.1) is 20.3 Å². The Kier molecular flexibility index (Phi) is 6.77. The number of fused-ring (bicyclic) bond motifs is 1. The summed E-state index contributed by atoms with van der Waals surface area (Å²) in [5.41, 5.74) is 0.991. The zero-order valence-electron chi connectivity index (χ0n) is 17.8. The molecule has 2 fully saturated rings. The smallest absolute Gasteiger partial charge is 0.408 e. The van der Waals surface area contributed by atoms with Gasteiger partial charge in [0.2, 0.25) is 6.29 Å². The van der Waals surface area contributed by atoms with Crippen LogP contribution in [0, 0.1) is 0 Å². The highest BCUT2D eigenvalue weighted by atomic mass is 16.7. The van der Waals surface area contributed by atoms with Crippen LogP contribution >= 0.6 is 0 Å². The van der Waals surface area contributed by atoms with Gasteiger partial charge in [-0.2, -0.15) is 0 Å². The number of amides is 1. The number of carbonyl (C=O) groups is 2. The molecule has 0 aromatic heterocycles. The molecule has 9 nitrogen and oxygen atoms in total. The van der Waals surface area contributed by atoms with Crippen LogP contribution in [0.1, 0.15) is 12.5 Å². The third-order valence-electron chi connectivity index (χ3n) is 5.18. The first-order chi connectivity index (χ1) is 15.5. The maximum Gasteiger partial charge on any atom is 0.408 e. The van der Waals surface area contributed by atoms with Crippen molar-refractivity contribution < 1.29 is 38.0 Å². The Labute approximate surface area is 185 Å². The molecule has 9 heteroatoms. The van der Waals surface area contributed by atoms with Gasteiger partial charge in [0, 0.05) is 6.92 Å². The number of methoxy groups -OCH3 is 1. The third kappa shape index (κ3) is 5.12. The zero-order valence-corrected chi connectivity index (χ0v) is 17.8. The van der Waals surface area contributed by atoms with E-state index in [9.17, 15) is 9.59 Å². The summed E-state index contributed by atoms with van der Waals surface area (Å²) in [6.45, 7) is 1.75. The van der Waals surface area contributed by atoms with Gasteiger partial charge < -0.3 is 33.7 Å². The van der Waals surface area contributed by atoms with Crippen molar-refractivity contribution in [2.24, 2.45) is 0 Å². The SMILES string of the molecule is COc1ccc(O[C@H]2O[C@H](COCc3ccccc3)[C@@H](OC(C)=O)[C@@H]3OC(=O)N[C@@H]23)cc1. The van der Waals surface area contributed by atoms with Crippen LogP contribution in [0.4, 0.5) is 4.79 Å². The van der Waals surface area contributed by atoms with Crippen LogP contribution in [0.5, 0.6) is 11.5 Å². The molecule has 2 aliphatic rings. The zero-order chi connectivity index (χ0) is 22.5. The Morgan fingerprint density at radius 1 is 1.06 bits per heavy atom. The predicted octanol–water partition coefficient (Wildman–Crippen LogP) is 2.42. The number of carbonyl (C=O) groups excluding carboxylic acids is 2. The Bertz CT molecular complexity index is 919. The normalized spacial score (nSPS) is 26.4. The Morgan fingerprint density at radius 2 is 1.78 bits per heavy atom. The molecule has 1 N–H and O–H groups in total. The second kappa shape index (κ2) is 9.88. The van der Waals surface area contributed by atoms with E-state index < -0.39 is 42.7 Å². The largest absolute Gasteiger partial charge is 0.497 e. The molecule has 32 heavy (non-hydrogen) atoms. The number of benzene rings is 2. The van der Waals surface area contributed by atoms with Gasteiger partial charge >= 0.3 is 12.1 Å². The topological polar surface area (TPSA) is 102 Å². The van der Waals surface area contributed by atoms with E-state index in [1.165, 1.54) is 6.92 Å². The first-order valence-electron chi connectivity index (χ1n) is 10.3. The average Bonchev–Trinajstić information content (AvgIpc) is 3.19. The van der Waals surface area contributed by atoms with E-state index in [-0.39, 0.29) is 6.61 Å². The summed E-state index contributed by atoms with van der Waals surface area (Å²) in [6.07, 6.45) is -3.84. The van der Waals surface area contributed by atoms with Crippen LogP contribution < -0.4 is 14.8 Å². The van der Waals surface area contributed by atoms with Gasteiger partial charge in [-0.25, -0.2) is 4.79 Å². The molecule has 1 amide bonds. The number of hydrogen-bond acceptors (Lipinski definition) is 8. The van der Waals surface area contributed by atoms with Crippen LogP contribution in [0.3, 0.4) is 0 Å². The number of ether oxygens (including phenoxy) is 6. The summed E-state index contributed by atoms with van der Waals surface area (Å²) in [5, 5.41) is 2.69. The summed E-state index contributed by atoms with van der Waals surface area (Å²) in [6, 6.07) is 15.9. The summed E-state index contributed by atoms with van der Waals surface area (Å²) in [4.78, 5) is 23.7. The summed E-state index contributed by atoms with van der Waals surface area (Å²) < 4.78 is 34.0. The van der Waals surface area contributed by atoms with E-state index in [0.717, 1.165) is 5.56 Å². The highest BCUT2D eigenvalue weighted by Gasteiger charge is 2.55. The van der Waals surface area contributed by atoms with E-state index in [0.29, 0.717) is 18.1 Å². The number of hydrogen-bond donors (Lipinski definition) is 1. The van der Waals surface area contributed by atoms with Crippen molar-refractivity contribution in [3.8, 4) is 11.5 Å². The number of rotatable bonds is 8. The second-order valence-electron chi connectivity index (χ2n) is 7.45. The van der Waals surface area contributed by atoms with Crippen molar-refractivity contribution >= 4 is 12.1 Å². The maximum absolute atomic E-state index is 12.0. The van der Waals surface area contributed by atoms with Crippen LogP contribution in [0.15, 0.2) is 54.6 Å². The molecule has 2 heterocycles. The van der Waals surface area contributed by atoms with E-state index in [2.05, 4.69) is 5.32 Å². The first kappa shape index (κ1) is 21.9. The fourth-order valence-corrected chi connectivity index (χ4v) is 3.71. The summed E-state index contributed by atoms with van der Waals surface area (Å²) in [7, 11) is 1.57. The fourth-order valence-electron chi connectivity index (χ4n) is 3.71. The van der Waals surface area contributed by atoms with E-state index >= 15 is 0 Å². The van der Waals surface area contributed by atoms with E-state index in [1.807, 2.05) is 30.3 Å². The highest BCUT2D eigenvalue weighted by molar-refractivity contribution is 5.71. The Balaban J connectivity index is 1.50. The summed E-state index contributed by atoms with van der Waals surface area (Å²) in [5.74, 6) is 0.688. The van der Waals surface area contributed by atoms with E-state index in [4.69, 9.17) is 28.4 Å². The number of nitrogens with one attached hydrogen (secondary N) is 1. The van der Waals surface area contributed by atoms with Crippen molar-refractivity contribution in [2.45, 2.75) is 44.2 Å². The molecule has 0 spiro atoms. The molecule has 2 aliphatic heterocycles. The van der Waals surface area contributed by atoms with Gasteiger partial charge in [-0.3, -0.25) is 4.79 Å². The van der Waals surface area contributed by atoms with Crippen LogP contribution in [0.25, 0.3) is 0 Å². The van der Waals surface area contributed by atoms with Crippen molar-refractivity contribution in [2.75, 3.05) is 13.7 Å². The van der Waals surface area contributed by atoms with Gasteiger partial charge in [0.25, 0.3) is 0 Å². The predicted molar refractivity (Wildman–Crippen MR) is 111 cm³/mol. The molecule has 2 aromatic rings. The fraction of sp³-hybridized carbons (Fsp3) is 0.391. The van der Waals surface area contributed by atoms with Crippen LogP contribution in [0.2, 0.25) is 0 Å². The van der Waals surface area contributed by atoms with Gasteiger partial charge in [0.15, 0.2) is 12.2 Å². The third-order valence-corrected chi connectivity index (χ3v) is 5.18. The lowest BCUT2D eigenvalue weighted by Crippen LogP contribution is -2.62. The standard InChI is InChI=1S/C23H25NO8/c1-14(25)29-20-18(13-28-12-15-6-4-3-5-7-15)31-22(19-21(20)32-23(26)24-19)30-17-10-8-16(27-2)9-11-17/h3-11,18-22H,12-13H2,1-2H3,(H,24,26)/t18-,19-,20-,21-,22+/m1/s1. The lowest BCUT2D eigenvalue weighted by molar-refractivity contribution is -0.242. The number of esters is 1. The van der Waals surface area contributed by atoms with Crippen molar-refractivity contribution in [3.05, 3.63) is 60.2 Å². The minimum absolute atomic E-state index is 0.107. The minimum Gasteiger partial charge on any atom is -0.497 e. The average molecular weight is 443 g/mol. The minimum atomic E-state index is -0.878. The molecule has 0 saturated carbocycles. The first-order valence-corrected chi connectivity index (χ1v) is 10.3. The Morgan fingerprint density at radius 3 is 2.47 bits per heavy atom. The molecular formula is C23H25NO8. The molecule has 0 unspecified atom stereocenters. The molecule has 5 atom stereocenters. The van der Waals surface area contributed by atoms with Gasteiger partial charge in [-0.05, 0) is 29.8 Å².